The number of rotatable bonds is 12. The highest BCUT2D eigenvalue weighted by Crippen LogP contribution is 2.26. The van der Waals surface area contributed by atoms with Crippen LogP contribution in [0.3, 0.4) is 0 Å². The minimum atomic E-state index is 0.406. The summed E-state index contributed by atoms with van der Waals surface area (Å²) in [4.78, 5) is 16.1. The average molecular weight is 424 g/mol. The Bertz CT molecular complexity index is 616. The van der Waals surface area contributed by atoms with Gasteiger partial charge < -0.3 is 35.5 Å². The van der Waals surface area contributed by atoms with Crippen molar-refractivity contribution in [3.05, 3.63) is 0 Å². The largest absolute Gasteiger partial charge is 0.378 e. The van der Waals surface area contributed by atoms with Crippen LogP contribution < -0.4 is 21.3 Å². The molecule has 170 valence electrons. The van der Waals surface area contributed by atoms with E-state index >= 15 is 0 Å². The molecular formula is C20H37N7O3. The Hall–Kier alpha value is -1.75. The highest BCUT2D eigenvalue weighted by molar-refractivity contribution is 5.44. The summed E-state index contributed by atoms with van der Waals surface area (Å²) in [6.07, 6.45) is 4.96. The third-order valence-corrected chi connectivity index (χ3v) is 5.51. The van der Waals surface area contributed by atoms with Crippen molar-refractivity contribution in [3.63, 3.8) is 0 Å². The SMILES string of the molecule is CC1CCCCC1Nc1nc(NCCOCCOCCN)nc(N2CCOCC2)n1. The zero-order valence-electron chi connectivity index (χ0n) is 18.1. The van der Waals surface area contributed by atoms with Crippen LogP contribution in [0.15, 0.2) is 0 Å². The summed E-state index contributed by atoms with van der Waals surface area (Å²) in [5.74, 6) is 2.52. The Morgan fingerprint density at radius 2 is 1.73 bits per heavy atom. The van der Waals surface area contributed by atoms with Gasteiger partial charge >= 0.3 is 0 Å². The summed E-state index contributed by atoms with van der Waals surface area (Å²) in [5.41, 5.74) is 5.39. The molecule has 0 bridgehead atoms. The summed E-state index contributed by atoms with van der Waals surface area (Å²) >= 11 is 0. The lowest BCUT2D eigenvalue weighted by Gasteiger charge is -2.30. The first kappa shape index (κ1) is 22.9. The highest BCUT2D eigenvalue weighted by Gasteiger charge is 2.23. The van der Waals surface area contributed by atoms with Crippen molar-refractivity contribution in [3.8, 4) is 0 Å². The molecule has 0 radical (unpaired) electrons. The molecular weight excluding hydrogens is 386 g/mol. The maximum Gasteiger partial charge on any atom is 0.232 e. The maximum atomic E-state index is 5.57. The molecule has 2 aliphatic rings. The Morgan fingerprint density at radius 1 is 1.00 bits per heavy atom. The van der Waals surface area contributed by atoms with Crippen LogP contribution in [0, 0.1) is 5.92 Å². The molecule has 1 aromatic heterocycles. The van der Waals surface area contributed by atoms with Crippen molar-refractivity contribution in [2.45, 2.75) is 38.6 Å². The number of morpholine rings is 1. The smallest absolute Gasteiger partial charge is 0.232 e. The first-order valence-electron chi connectivity index (χ1n) is 11.2. The number of nitrogens with one attached hydrogen (secondary N) is 2. The predicted octanol–water partition coefficient (Wildman–Crippen LogP) is 1.10. The van der Waals surface area contributed by atoms with Gasteiger partial charge in [-0.25, -0.2) is 0 Å². The van der Waals surface area contributed by atoms with E-state index in [-0.39, 0.29) is 0 Å². The topological polar surface area (TPSA) is 120 Å². The van der Waals surface area contributed by atoms with Gasteiger partial charge in [0, 0.05) is 32.2 Å². The van der Waals surface area contributed by atoms with Gasteiger partial charge in [0.15, 0.2) is 0 Å². The Labute approximate surface area is 179 Å². The molecule has 1 saturated heterocycles. The lowest BCUT2D eigenvalue weighted by Crippen LogP contribution is -2.38. The molecule has 1 saturated carbocycles. The third kappa shape index (κ3) is 7.50. The Balaban J connectivity index is 1.56. The molecule has 0 aromatic carbocycles. The van der Waals surface area contributed by atoms with Gasteiger partial charge in [-0.1, -0.05) is 19.8 Å². The fraction of sp³-hybridized carbons (Fsp3) is 0.850. The van der Waals surface area contributed by atoms with Crippen molar-refractivity contribution < 1.29 is 14.2 Å². The molecule has 2 fully saturated rings. The quantitative estimate of drug-likeness (QED) is 0.422. The molecule has 0 amide bonds. The van der Waals surface area contributed by atoms with Crippen LogP contribution in [-0.2, 0) is 14.2 Å². The monoisotopic (exact) mass is 423 g/mol. The summed E-state index contributed by atoms with van der Waals surface area (Å²) in [6.45, 7) is 8.61. The zero-order chi connectivity index (χ0) is 21.0. The van der Waals surface area contributed by atoms with Gasteiger partial charge in [-0.3, -0.25) is 0 Å². The normalized spacial score (nSPS) is 22.1. The van der Waals surface area contributed by atoms with E-state index in [1.807, 2.05) is 0 Å². The molecule has 0 spiro atoms. The standard InChI is InChI=1S/C20H37N7O3/c1-16-4-2-3-5-17(16)23-19-24-18(22-7-11-29-15-14-28-10-6-21)25-20(26-19)27-8-12-30-13-9-27/h16-17H,2-15,21H2,1H3,(H2,22,23,24,25,26). The number of ether oxygens (including phenoxy) is 3. The van der Waals surface area contributed by atoms with Crippen molar-refractivity contribution in [2.75, 3.05) is 81.4 Å². The molecule has 3 rings (SSSR count). The number of hydrogen-bond acceptors (Lipinski definition) is 10. The number of hydrogen-bond donors (Lipinski definition) is 3. The number of anilines is 3. The summed E-state index contributed by atoms with van der Waals surface area (Å²) < 4.78 is 16.3. The second kappa shape index (κ2) is 12.8. The second-order valence-electron chi connectivity index (χ2n) is 7.83. The molecule has 4 N–H and O–H groups in total. The van der Waals surface area contributed by atoms with Crippen LogP contribution in [0.2, 0.25) is 0 Å². The first-order valence-corrected chi connectivity index (χ1v) is 11.2. The maximum absolute atomic E-state index is 5.57. The van der Waals surface area contributed by atoms with E-state index in [0.29, 0.717) is 82.5 Å². The van der Waals surface area contributed by atoms with Gasteiger partial charge in [0.1, 0.15) is 0 Å². The molecule has 1 aromatic rings. The van der Waals surface area contributed by atoms with Gasteiger partial charge in [0.2, 0.25) is 17.8 Å². The van der Waals surface area contributed by atoms with Crippen LogP contribution in [0.5, 0.6) is 0 Å². The van der Waals surface area contributed by atoms with E-state index in [4.69, 9.17) is 24.9 Å². The molecule has 10 nitrogen and oxygen atoms in total. The van der Waals surface area contributed by atoms with Crippen molar-refractivity contribution >= 4 is 17.8 Å². The molecule has 2 atom stereocenters. The third-order valence-electron chi connectivity index (χ3n) is 5.51. The summed E-state index contributed by atoms with van der Waals surface area (Å²) in [6, 6.07) is 0.406. The van der Waals surface area contributed by atoms with Gasteiger partial charge in [-0.05, 0) is 18.8 Å². The van der Waals surface area contributed by atoms with Crippen LogP contribution in [0.4, 0.5) is 17.8 Å². The van der Waals surface area contributed by atoms with Crippen molar-refractivity contribution in [2.24, 2.45) is 11.7 Å². The van der Waals surface area contributed by atoms with E-state index in [2.05, 4.69) is 32.4 Å². The lowest BCUT2D eigenvalue weighted by molar-refractivity contribution is 0.0547. The first-order chi connectivity index (χ1) is 14.8. The highest BCUT2D eigenvalue weighted by atomic mass is 16.5. The molecule has 1 aliphatic heterocycles. The molecule has 30 heavy (non-hydrogen) atoms. The predicted molar refractivity (Wildman–Crippen MR) is 117 cm³/mol. The van der Waals surface area contributed by atoms with Crippen LogP contribution in [0.1, 0.15) is 32.6 Å². The minimum absolute atomic E-state index is 0.406. The summed E-state index contributed by atoms with van der Waals surface area (Å²) in [7, 11) is 0. The fourth-order valence-corrected chi connectivity index (χ4v) is 3.75. The van der Waals surface area contributed by atoms with Gasteiger partial charge in [0.05, 0.1) is 39.6 Å². The van der Waals surface area contributed by atoms with E-state index in [9.17, 15) is 0 Å². The Kier molecular flexibility index (Phi) is 9.81. The number of aromatic nitrogens is 3. The van der Waals surface area contributed by atoms with E-state index in [1.165, 1.54) is 19.3 Å². The molecule has 10 heteroatoms. The zero-order valence-corrected chi connectivity index (χ0v) is 18.1. The van der Waals surface area contributed by atoms with Crippen LogP contribution in [0.25, 0.3) is 0 Å². The van der Waals surface area contributed by atoms with E-state index in [0.717, 1.165) is 19.5 Å². The van der Waals surface area contributed by atoms with Gasteiger partial charge in [-0.15, -0.1) is 0 Å². The second-order valence-corrected chi connectivity index (χ2v) is 7.83. The number of nitrogens with zero attached hydrogens (tertiary/aromatic N) is 4. The van der Waals surface area contributed by atoms with Crippen molar-refractivity contribution in [1.82, 2.24) is 15.0 Å². The lowest BCUT2D eigenvalue weighted by atomic mass is 9.86. The van der Waals surface area contributed by atoms with E-state index in [1.54, 1.807) is 0 Å². The van der Waals surface area contributed by atoms with E-state index < -0.39 is 0 Å². The minimum Gasteiger partial charge on any atom is -0.378 e. The molecule has 2 heterocycles. The van der Waals surface area contributed by atoms with Crippen molar-refractivity contribution in [1.29, 1.82) is 0 Å². The van der Waals surface area contributed by atoms with Crippen LogP contribution >= 0.6 is 0 Å². The molecule has 2 unspecified atom stereocenters. The number of nitrogens with two attached hydrogens (primary N) is 1. The summed E-state index contributed by atoms with van der Waals surface area (Å²) in [5, 5.41) is 6.83. The Morgan fingerprint density at radius 3 is 2.50 bits per heavy atom. The molecule has 1 aliphatic carbocycles. The van der Waals surface area contributed by atoms with Gasteiger partial charge in [-0.2, -0.15) is 15.0 Å². The fourth-order valence-electron chi connectivity index (χ4n) is 3.75. The average Bonchev–Trinajstić information content (AvgIpc) is 2.78. The van der Waals surface area contributed by atoms with Crippen LogP contribution in [-0.4, -0.2) is 86.8 Å². The van der Waals surface area contributed by atoms with Gasteiger partial charge in [0.25, 0.3) is 0 Å².